The number of rotatable bonds is 0. The number of fused-ring (bicyclic) bond motifs is 1. The van der Waals surface area contributed by atoms with Crippen LogP contribution in [0.4, 0.5) is 13.2 Å². The lowest BCUT2D eigenvalue weighted by atomic mass is 10.2. The third-order valence-electron chi connectivity index (χ3n) is 1.98. The molecule has 0 amide bonds. The van der Waals surface area contributed by atoms with Crippen molar-refractivity contribution in [2.45, 2.75) is 6.18 Å². The van der Waals surface area contributed by atoms with Gasteiger partial charge in [0, 0.05) is 15.9 Å². The highest BCUT2D eigenvalue weighted by Gasteiger charge is 2.35. The molecular formula is C9H4ClF3IN. The number of hydrogen-bond donors (Lipinski definition) is 1. The lowest BCUT2D eigenvalue weighted by molar-refractivity contribution is -0.141. The molecule has 0 fully saturated rings. The van der Waals surface area contributed by atoms with Gasteiger partial charge < -0.3 is 4.98 Å². The Balaban J connectivity index is 2.75. The van der Waals surface area contributed by atoms with Crippen molar-refractivity contribution in [2.75, 3.05) is 0 Å². The predicted molar refractivity (Wildman–Crippen MR) is 61.0 cm³/mol. The second-order valence-electron chi connectivity index (χ2n) is 3.00. The molecule has 0 aliphatic rings. The van der Waals surface area contributed by atoms with Crippen molar-refractivity contribution in [3.8, 4) is 0 Å². The molecule has 2 aromatic rings. The zero-order valence-electron chi connectivity index (χ0n) is 7.12. The summed E-state index contributed by atoms with van der Waals surface area (Å²) < 4.78 is 37.7. The molecule has 0 radical (unpaired) electrons. The summed E-state index contributed by atoms with van der Waals surface area (Å²) in [6, 6.07) is 4.62. The highest BCUT2D eigenvalue weighted by atomic mass is 127. The van der Waals surface area contributed by atoms with E-state index in [2.05, 4.69) is 4.98 Å². The fourth-order valence-corrected chi connectivity index (χ4v) is 2.41. The van der Waals surface area contributed by atoms with Gasteiger partial charge >= 0.3 is 6.18 Å². The fraction of sp³-hybridized carbons (Fsp3) is 0.111. The van der Waals surface area contributed by atoms with E-state index in [0.29, 0.717) is 15.9 Å². The van der Waals surface area contributed by atoms with Gasteiger partial charge in [0.05, 0.1) is 3.57 Å². The lowest BCUT2D eigenvalue weighted by Gasteiger charge is -2.03. The molecule has 2 rings (SSSR count). The van der Waals surface area contributed by atoms with Crippen molar-refractivity contribution >= 4 is 45.1 Å². The molecule has 0 aliphatic heterocycles. The van der Waals surface area contributed by atoms with Gasteiger partial charge in [-0.05, 0) is 34.7 Å². The second kappa shape index (κ2) is 3.55. The van der Waals surface area contributed by atoms with Gasteiger partial charge in [-0.1, -0.05) is 17.7 Å². The highest BCUT2D eigenvalue weighted by Crippen LogP contribution is 2.36. The maximum atomic E-state index is 12.5. The van der Waals surface area contributed by atoms with E-state index in [1.54, 1.807) is 34.7 Å². The van der Waals surface area contributed by atoms with Crippen molar-refractivity contribution in [3.05, 3.63) is 32.5 Å². The predicted octanol–water partition coefficient (Wildman–Crippen LogP) is 4.44. The summed E-state index contributed by atoms with van der Waals surface area (Å²) >= 11 is 7.37. The van der Waals surface area contributed by atoms with Crippen LogP contribution in [0.3, 0.4) is 0 Å². The number of hydrogen-bond acceptors (Lipinski definition) is 0. The quantitative estimate of drug-likeness (QED) is 0.679. The first-order chi connectivity index (χ1) is 6.89. The van der Waals surface area contributed by atoms with Crippen LogP contribution in [0, 0.1) is 3.57 Å². The maximum Gasteiger partial charge on any atom is 0.432 e. The summed E-state index contributed by atoms with van der Waals surface area (Å²) in [5.41, 5.74) is -0.320. The van der Waals surface area contributed by atoms with Crippen LogP contribution >= 0.6 is 34.2 Å². The van der Waals surface area contributed by atoms with E-state index in [0.717, 1.165) is 0 Å². The minimum Gasteiger partial charge on any atom is -0.350 e. The number of H-pyrrole nitrogens is 1. The summed E-state index contributed by atoms with van der Waals surface area (Å²) in [4.78, 5) is 2.33. The second-order valence-corrected chi connectivity index (χ2v) is 4.52. The molecule has 1 nitrogen and oxygen atoms in total. The van der Waals surface area contributed by atoms with Crippen LogP contribution in [0.25, 0.3) is 10.9 Å². The van der Waals surface area contributed by atoms with Crippen molar-refractivity contribution < 1.29 is 13.2 Å². The van der Waals surface area contributed by atoms with Crippen LogP contribution < -0.4 is 0 Å². The molecule has 1 aromatic carbocycles. The van der Waals surface area contributed by atoms with Gasteiger partial charge in [0.1, 0.15) is 5.69 Å². The topological polar surface area (TPSA) is 15.8 Å². The van der Waals surface area contributed by atoms with Crippen LogP contribution in [0.2, 0.25) is 5.02 Å². The normalized spacial score (nSPS) is 12.3. The molecular weight excluding hydrogens is 341 g/mol. The molecule has 1 heterocycles. The summed E-state index contributed by atoms with van der Waals surface area (Å²) in [7, 11) is 0. The number of aromatic amines is 1. The Morgan fingerprint density at radius 2 is 1.93 bits per heavy atom. The van der Waals surface area contributed by atoms with Gasteiger partial charge in [0.25, 0.3) is 0 Å². The molecule has 1 N–H and O–H groups in total. The third kappa shape index (κ3) is 1.94. The number of aromatic nitrogens is 1. The zero-order chi connectivity index (χ0) is 11.2. The minimum absolute atomic E-state index is 0.173. The van der Waals surface area contributed by atoms with E-state index in [-0.39, 0.29) is 3.57 Å². The Kier molecular flexibility index (Phi) is 2.62. The van der Waals surface area contributed by atoms with Crippen LogP contribution in [-0.4, -0.2) is 4.98 Å². The molecule has 0 aliphatic carbocycles. The zero-order valence-corrected chi connectivity index (χ0v) is 10.0. The Bertz CT molecular complexity index is 518. The largest absolute Gasteiger partial charge is 0.432 e. The van der Waals surface area contributed by atoms with Crippen molar-refractivity contribution in [1.29, 1.82) is 0 Å². The molecule has 80 valence electrons. The molecule has 0 unspecified atom stereocenters. The van der Waals surface area contributed by atoms with Crippen LogP contribution in [0.1, 0.15) is 5.69 Å². The number of nitrogens with one attached hydrogen (secondary N) is 1. The third-order valence-corrected chi connectivity index (χ3v) is 3.34. The fourth-order valence-electron chi connectivity index (χ4n) is 1.33. The first-order valence-corrected chi connectivity index (χ1v) is 5.39. The molecule has 0 spiro atoms. The average Bonchev–Trinajstić information content (AvgIpc) is 2.42. The van der Waals surface area contributed by atoms with E-state index in [1.165, 1.54) is 6.07 Å². The molecule has 0 saturated heterocycles. The first-order valence-electron chi connectivity index (χ1n) is 3.93. The highest BCUT2D eigenvalue weighted by molar-refractivity contribution is 14.1. The van der Waals surface area contributed by atoms with E-state index in [4.69, 9.17) is 11.6 Å². The summed E-state index contributed by atoms with van der Waals surface area (Å²) in [5.74, 6) is 0. The van der Waals surface area contributed by atoms with Gasteiger partial charge in [0.2, 0.25) is 0 Å². The van der Waals surface area contributed by atoms with Gasteiger partial charge in [-0.2, -0.15) is 13.2 Å². The van der Waals surface area contributed by atoms with Gasteiger partial charge in [0.15, 0.2) is 0 Å². The Morgan fingerprint density at radius 3 is 2.53 bits per heavy atom. The maximum absolute atomic E-state index is 12.5. The van der Waals surface area contributed by atoms with Crippen LogP contribution in [-0.2, 0) is 6.18 Å². The molecule has 0 bridgehead atoms. The summed E-state index contributed by atoms with van der Waals surface area (Å²) in [6.07, 6.45) is -4.36. The van der Waals surface area contributed by atoms with Gasteiger partial charge in [-0.15, -0.1) is 0 Å². The Labute approximate surface area is 102 Å². The summed E-state index contributed by atoms with van der Waals surface area (Å²) in [5, 5.41) is 0.946. The van der Waals surface area contributed by atoms with E-state index in [1.807, 2.05) is 0 Å². The molecule has 0 saturated carbocycles. The average molecular weight is 345 g/mol. The summed E-state index contributed by atoms with van der Waals surface area (Å²) in [6.45, 7) is 0. The SMILES string of the molecule is FC(F)(F)c1[nH]c2cc(Cl)ccc2c1I. The van der Waals surface area contributed by atoms with Crippen molar-refractivity contribution in [3.63, 3.8) is 0 Å². The van der Waals surface area contributed by atoms with E-state index < -0.39 is 11.9 Å². The molecule has 1 aromatic heterocycles. The standard InChI is InChI=1S/C9H4ClF3IN/c10-4-1-2-5-6(3-4)15-8(7(5)14)9(11,12)13/h1-3,15H. The number of halogens is 5. The Hall–Kier alpha value is -0.430. The van der Waals surface area contributed by atoms with Crippen LogP contribution in [0.5, 0.6) is 0 Å². The molecule has 15 heavy (non-hydrogen) atoms. The van der Waals surface area contributed by atoms with Crippen molar-refractivity contribution in [1.82, 2.24) is 4.98 Å². The molecule has 6 heteroatoms. The first kappa shape index (κ1) is 11.1. The monoisotopic (exact) mass is 345 g/mol. The van der Waals surface area contributed by atoms with Gasteiger partial charge in [-0.3, -0.25) is 0 Å². The number of benzene rings is 1. The van der Waals surface area contributed by atoms with Gasteiger partial charge in [-0.25, -0.2) is 0 Å². The lowest BCUT2D eigenvalue weighted by Crippen LogP contribution is -2.06. The van der Waals surface area contributed by atoms with E-state index >= 15 is 0 Å². The number of alkyl halides is 3. The molecule has 0 atom stereocenters. The van der Waals surface area contributed by atoms with Crippen LogP contribution in [0.15, 0.2) is 18.2 Å². The van der Waals surface area contributed by atoms with Crippen molar-refractivity contribution in [2.24, 2.45) is 0 Å². The smallest absolute Gasteiger partial charge is 0.350 e. The minimum atomic E-state index is -4.36. The Morgan fingerprint density at radius 1 is 1.27 bits per heavy atom. The van der Waals surface area contributed by atoms with E-state index in [9.17, 15) is 13.2 Å².